The van der Waals surface area contributed by atoms with Crippen LogP contribution in [0.25, 0.3) is 0 Å². The second-order valence-corrected chi connectivity index (χ2v) is 6.18. The Morgan fingerprint density at radius 1 is 1.24 bits per heavy atom. The van der Waals surface area contributed by atoms with E-state index in [9.17, 15) is 0 Å². The molecule has 1 atom stereocenters. The highest BCUT2D eigenvalue weighted by molar-refractivity contribution is 5.47. The summed E-state index contributed by atoms with van der Waals surface area (Å²) < 4.78 is 1.85. The molecule has 0 radical (unpaired) electrons. The maximum Gasteiger partial charge on any atom is 0.137 e. The largest absolute Gasteiger partial charge is 0.381 e. The molecule has 0 aliphatic carbocycles. The van der Waals surface area contributed by atoms with Crippen molar-refractivity contribution in [3.63, 3.8) is 0 Å². The maximum absolute atomic E-state index is 4.17. The molecule has 3 fully saturated rings. The van der Waals surface area contributed by atoms with Gasteiger partial charge in [0.1, 0.15) is 12.7 Å². The molecule has 1 aromatic heterocycles. The third kappa shape index (κ3) is 2.78. The van der Waals surface area contributed by atoms with Crippen molar-refractivity contribution >= 4 is 5.69 Å². The summed E-state index contributed by atoms with van der Waals surface area (Å²) in [6.45, 7) is 4.54. The molecule has 0 amide bonds. The van der Waals surface area contributed by atoms with Crippen molar-refractivity contribution in [3.8, 4) is 0 Å². The number of nitrogens with zero attached hydrogens (tertiary/aromatic N) is 4. The van der Waals surface area contributed by atoms with Crippen molar-refractivity contribution in [2.75, 3.05) is 25.0 Å². The van der Waals surface area contributed by atoms with Crippen LogP contribution in [0.3, 0.4) is 0 Å². The number of hydrogen-bond donors (Lipinski definition) is 1. The molecule has 110 valence electrons. The first kappa shape index (κ1) is 12.8. The summed E-state index contributed by atoms with van der Waals surface area (Å²) in [5.74, 6) is 0.842. The summed E-state index contributed by atoms with van der Waals surface area (Å²) in [5.41, 5.74) is 2.48. The molecule has 5 rings (SSSR count). The summed E-state index contributed by atoms with van der Waals surface area (Å²) in [6.07, 6.45) is 6.02. The van der Waals surface area contributed by atoms with Gasteiger partial charge in [-0.2, -0.15) is 5.10 Å². The Morgan fingerprint density at radius 3 is 2.86 bits per heavy atom. The quantitative estimate of drug-likeness (QED) is 0.930. The molecule has 1 unspecified atom stereocenters. The second-order valence-electron chi connectivity index (χ2n) is 6.18. The molecule has 21 heavy (non-hydrogen) atoms. The molecule has 2 aromatic rings. The van der Waals surface area contributed by atoms with Gasteiger partial charge in [0.2, 0.25) is 0 Å². The van der Waals surface area contributed by atoms with Crippen LogP contribution in [-0.4, -0.2) is 45.3 Å². The van der Waals surface area contributed by atoms with E-state index < -0.39 is 0 Å². The monoisotopic (exact) mass is 283 g/mol. The van der Waals surface area contributed by atoms with E-state index in [0.717, 1.165) is 12.5 Å². The predicted molar refractivity (Wildman–Crippen MR) is 82.1 cm³/mol. The number of benzene rings is 1. The Hall–Kier alpha value is -1.88. The van der Waals surface area contributed by atoms with Gasteiger partial charge in [-0.25, -0.2) is 9.67 Å². The van der Waals surface area contributed by atoms with Gasteiger partial charge in [-0.15, -0.1) is 0 Å². The zero-order valence-electron chi connectivity index (χ0n) is 12.2. The zero-order chi connectivity index (χ0) is 14.1. The third-order valence-electron chi connectivity index (χ3n) is 4.75. The predicted octanol–water partition coefficient (Wildman–Crippen LogP) is 1.83. The molecule has 0 spiro atoms. The van der Waals surface area contributed by atoms with Gasteiger partial charge in [0.25, 0.3) is 0 Å². The lowest BCUT2D eigenvalue weighted by atomic mass is 9.84. The van der Waals surface area contributed by atoms with Crippen LogP contribution in [0.15, 0.2) is 36.9 Å². The first-order valence-electron chi connectivity index (χ1n) is 7.77. The Kier molecular flexibility index (Phi) is 3.35. The van der Waals surface area contributed by atoms with Gasteiger partial charge in [-0.1, -0.05) is 12.1 Å². The summed E-state index contributed by atoms with van der Waals surface area (Å²) in [6, 6.07) is 9.27. The number of fused-ring (bicyclic) bond motifs is 3. The molecule has 4 heterocycles. The zero-order valence-corrected chi connectivity index (χ0v) is 12.2. The summed E-state index contributed by atoms with van der Waals surface area (Å²) in [7, 11) is 0. The Labute approximate surface area is 125 Å². The van der Waals surface area contributed by atoms with Crippen molar-refractivity contribution in [3.05, 3.63) is 42.5 Å². The fraction of sp³-hybridized carbons (Fsp3) is 0.500. The van der Waals surface area contributed by atoms with Crippen molar-refractivity contribution < 1.29 is 0 Å². The van der Waals surface area contributed by atoms with Gasteiger partial charge in [-0.3, -0.25) is 0 Å². The lowest BCUT2D eigenvalue weighted by Crippen LogP contribution is -2.53. The molecular weight excluding hydrogens is 262 g/mol. The number of anilines is 1. The van der Waals surface area contributed by atoms with Crippen molar-refractivity contribution in [1.82, 2.24) is 19.7 Å². The van der Waals surface area contributed by atoms with Crippen LogP contribution in [0.4, 0.5) is 5.69 Å². The second kappa shape index (κ2) is 5.48. The standard InChI is InChI=1S/C16H21N5/c1-2-13(9-21-12-17-11-18-21)8-15(3-1)19-16-10-20-6-4-14(16)5-7-20/h1-3,8,11-12,14,16,19H,4-7,9-10H2. The Bertz CT molecular complexity index is 586. The van der Waals surface area contributed by atoms with Gasteiger partial charge >= 0.3 is 0 Å². The first-order valence-corrected chi connectivity index (χ1v) is 7.77. The van der Waals surface area contributed by atoms with Gasteiger partial charge in [0.05, 0.1) is 6.54 Å². The fourth-order valence-corrected chi connectivity index (χ4v) is 3.60. The van der Waals surface area contributed by atoms with Gasteiger partial charge in [0.15, 0.2) is 0 Å². The topological polar surface area (TPSA) is 46.0 Å². The number of rotatable bonds is 4. The maximum atomic E-state index is 4.17. The minimum absolute atomic E-state index is 0.606. The molecule has 5 nitrogen and oxygen atoms in total. The van der Waals surface area contributed by atoms with E-state index in [1.807, 2.05) is 4.68 Å². The lowest BCUT2D eigenvalue weighted by Gasteiger charge is -2.45. The molecular formula is C16H21N5. The van der Waals surface area contributed by atoms with E-state index in [0.29, 0.717) is 6.04 Å². The van der Waals surface area contributed by atoms with Crippen LogP contribution >= 0.6 is 0 Å². The van der Waals surface area contributed by atoms with Crippen molar-refractivity contribution in [1.29, 1.82) is 0 Å². The van der Waals surface area contributed by atoms with Crippen LogP contribution in [0.1, 0.15) is 18.4 Å². The number of nitrogens with one attached hydrogen (secondary N) is 1. The highest BCUT2D eigenvalue weighted by Crippen LogP contribution is 2.29. The normalized spacial score (nSPS) is 27.7. The molecule has 3 aliphatic heterocycles. The summed E-state index contributed by atoms with van der Waals surface area (Å²) >= 11 is 0. The first-order chi connectivity index (χ1) is 10.4. The van der Waals surface area contributed by atoms with Crippen molar-refractivity contribution in [2.45, 2.75) is 25.4 Å². The number of aromatic nitrogens is 3. The van der Waals surface area contributed by atoms with E-state index in [1.165, 1.54) is 43.7 Å². The number of hydrogen-bond acceptors (Lipinski definition) is 4. The molecule has 5 heteroatoms. The summed E-state index contributed by atoms with van der Waals surface area (Å²) in [5, 5.41) is 7.91. The SMILES string of the molecule is c1cc(Cn2cncn2)cc(NC2CN3CCC2CC3)c1. The van der Waals surface area contributed by atoms with Crippen molar-refractivity contribution in [2.24, 2.45) is 5.92 Å². The van der Waals surface area contributed by atoms with Crippen LogP contribution in [-0.2, 0) is 6.54 Å². The molecule has 2 bridgehead atoms. The minimum atomic E-state index is 0.606. The molecule has 3 saturated heterocycles. The highest BCUT2D eigenvalue weighted by atomic mass is 15.3. The smallest absolute Gasteiger partial charge is 0.137 e. The van der Waals surface area contributed by atoms with Gasteiger partial charge < -0.3 is 10.2 Å². The molecule has 0 saturated carbocycles. The fourth-order valence-electron chi connectivity index (χ4n) is 3.60. The average molecular weight is 283 g/mol. The van der Waals surface area contributed by atoms with E-state index in [-0.39, 0.29) is 0 Å². The number of piperidine rings is 3. The van der Waals surface area contributed by atoms with E-state index in [4.69, 9.17) is 0 Å². The van der Waals surface area contributed by atoms with E-state index in [2.05, 4.69) is 44.6 Å². The van der Waals surface area contributed by atoms with Crippen LogP contribution in [0.5, 0.6) is 0 Å². The van der Waals surface area contributed by atoms with E-state index >= 15 is 0 Å². The molecule has 1 aromatic carbocycles. The minimum Gasteiger partial charge on any atom is -0.381 e. The lowest BCUT2D eigenvalue weighted by molar-refractivity contribution is 0.0975. The Morgan fingerprint density at radius 2 is 2.14 bits per heavy atom. The van der Waals surface area contributed by atoms with Crippen LogP contribution < -0.4 is 5.32 Å². The average Bonchev–Trinajstić information content (AvgIpc) is 3.02. The third-order valence-corrected chi connectivity index (χ3v) is 4.75. The van der Waals surface area contributed by atoms with E-state index in [1.54, 1.807) is 12.7 Å². The molecule has 3 aliphatic rings. The molecule has 1 N–H and O–H groups in total. The Balaban J connectivity index is 1.45. The highest BCUT2D eigenvalue weighted by Gasteiger charge is 2.33. The summed E-state index contributed by atoms with van der Waals surface area (Å²) in [4.78, 5) is 6.57. The van der Waals surface area contributed by atoms with Gasteiger partial charge in [0, 0.05) is 18.3 Å². The van der Waals surface area contributed by atoms with Gasteiger partial charge in [-0.05, 0) is 49.5 Å². The van der Waals surface area contributed by atoms with Crippen LogP contribution in [0.2, 0.25) is 0 Å². The van der Waals surface area contributed by atoms with Crippen LogP contribution in [0, 0.1) is 5.92 Å².